The minimum Gasteiger partial charge on any atom is -0.491 e. The molecule has 0 spiro atoms. The standard InChI is InChI=1S/C22H23N3O3/c1-14-15(2)24-21-11-16(8-9-20(21)23-14)22(26)25-17-5-3-6-18(12-17)28-13-19-7-4-10-27-19/h3,5-6,8-9,11-12,19H,4,7,10,13H2,1-2H3,(H,25,26). The molecule has 1 amide bonds. The molecule has 4 rings (SSSR count). The lowest BCUT2D eigenvalue weighted by atomic mass is 10.1. The van der Waals surface area contributed by atoms with Crippen LogP contribution in [0, 0.1) is 13.8 Å². The van der Waals surface area contributed by atoms with Gasteiger partial charge in [-0.05, 0) is 57.0 Å². The number of carbonyl (C=O) groups excluding carboxylic acids is 1. The van der Waals surface area contributed by atoms with Crippen LogP contribution in [0.2, 0.25) is 0 Å². The number of aryl methyl sites for hydroxylation is 2. The zero-order valence-corrected chi connectivity index (χ0v) is 16.1. The van der Waals surface area contributed by atoms with Gasteiger partial charge in [-0.3, -0.25) is 4.79 Å². The van der Waals surface area contributed by atoms with Gasteiger partial charge in [-0.25, -0.2) is 9.97 Å². The summed E-state index contributed by atoms with van der Waals surface area (Å²) in [5.41, 5.74) is 4.47. The molecular formula is C22H23N3O3. The van der Waals surface area contributed by atoms with Gasteiger partial charge in [0, 0.05) is 23.9 Å². The van der Waals surface area contributed by atoms with Crippen LogP contribution < -0.4 is 10.1 Å². The fourth-order valence-electron chi connectivity index (χ4n) is 3.20. The first-order valence-corrected chi connectivity index (χ1v) is 9.49. The number of ether oxygens (including phenoxy) is 2. The highest BCUT2D eigenvalue weighted by Crippen LogP contribution is 2.21. The molecule has 1 unspecified atom stereocenters. The van der Waals surface area contributed by atoms with Gasteiger partial charge in [-0.1, -0.05) is 6.07 Å². The molecule has 1 saturated heterocycles. The molecule has 0 radical (unpaired) electrons. The highest BCUT2D eigenvalue weighted by Gasteiger charge is 2.16. The molecule has 6 heteroatoms. The summed E-state index contributed by atoms with van der Waals surface area (Å²) in [5.74, 6) is 0.516. The van der Waals surface area contributed by atoms with Crippen molar-refractivity contribution in [1.82, 2.24) is 9.97 Å². The summed E-state index contributed by atoms with van der Waals surface area (Å²) in [6, 6.07) is 12.7. The van der Waals surface area contributed by atoms with Gasteiger partial charge in [0.2, 0.25) is 0 Å². The quantitative estimate of drug-likeness (QED) is 0.726. The third-order valence-corrected chi connectivity index (χ3v) is 4.89. The molecule has 1 fully saturated rings. The van der Waals surface area contributed by atoms with E-state index in [4.69, 9.17) is 9.47 Å². The highest BCUT2D eigenvalue weighted by molar-refractivity contribution is 6.05. The number of hydrogen-bond acceptors (Lipinski definition) is 5. The van der Waals surface area contributed by atoms with Gasteiger partial charge in [-0.2, -0.15) is 0 Å². The molecule has 1 atom stereocenters. The third kappa shape index (κ3) is 4.12. The van der Waals surface area contributed by atoms with E-state index < -0.39 is 0 Å². The smallest absolute Gasteiger partial charge is 0.255 e. The maximum atomic E-state index is 12.7. The van der Waals surface area contributed by atoms with E-state index in [0.717, 1.165) is 36.4 Å². The van der Waals surface area contributed by atoms with Crippen molar-refractivity contribution < 1.29 is 14.3 Å². The van der Waals surface area contributed by atoms with Gasteiger partial charge in [-0.15, -0.1) is 0 Å². The Morgan fingerprint density at radius 3 is 2.75 bits per heavy atom. The van der Waals surface area contributed by atoms with E-state index in [0.29, 0.717) is 29.1 Å². The largest absolute Gasteiger partial charge is 0.491 e. The molecule has 6 nitrogen and oxygen atoms in total. The molecule has 1 aliphatic heterocycles. The van der Waals surface area contributed by atoms with E-state index in [1.807, 2.05) is 44.2 Å². The molecule has 3 aromatic rings. The highest BCUT2D eigenvalue weighted by atomic mass is 16.5. The Morgan fingerprint density at radius 2 is 1.96 bits per heavy atom. The Kier molecular flexibility index (Phi) is 5.21. The first-order valence-electron chi connectivity index (χ1n) is 9.49. The van der Waals surface area contributed by atoms with E-state index in [-0.39, 0.29) is 12.0 Å². The van der Waals surface area contributed by atoms with Crippen molar-refractivity contribution in [2.24, 2.45) is 0 Å². The van der Waals surface area contributed by atoms with Gasteiger partial charge in [0.25, 0.3) is 5.91 Å². The van der Waals surface area contributed by atoms with Crippen molar-refractivity contribution in [1.29, 1.82) is 0 Å². The van der Waals surface area contributed by atoms with Crippen LogP contribution in [0.4, 0.5) is 5.69 Å². The maximum absolute atomic E-state index is 12.7. The predicted octanol–water partition coefficient (Wildman–Crippen LogP) is 4.06. The minimum absolute atomic E-state index is 0.157. The lowest BCUT2D eigenvalue weighted by Crippen LogP contribution is -2.16. The lowest BCUT2D eigenvalue weighted by Gasteiger charge is -2.12. The molecule has 0 aliphatic carbocycles. The number of hydrogen-bond donors (Lipinski definition) is 1. The minimum atomic E-state index is -0.196. The van der Waals surface area contributed by atoms with Crippen molar-refractivity contribution in [3.63, 3.8) is 0 Å². The number of amides is 1. The van der Waals surface area contributed by atoms with Crippen LogP contribution in [0.25, 0.3) is 11.0 Å². The number of anilines is 1. The number of aromatic nitrogens is 2. The third-order valence-electron chi connectivity index (χ3n) is 4.89. The second-order valence-electron chi connectivity index (χ2n) is 7.03. The maximum Gasteiger partial charge on any atom is 0.255 e. The van der Waals surface area contributed by atoms with Gasteiger partial charge < -0.3 is 14.8 Å². The molecule has 28 heavy (non-hydrogen) atoms. The van der Waals surface area contributed by atoms with Crippen molar-refractivity contribution in [3.05, 3.63) is 59.4 Å². The molecule has 1 aliphatic rings. The van der Waals surface area contributed by atoms with Crippen LogP contribution in [-0.4, -0.2) is 35.2 Å². The summed E-state index contributed by atoms with van der Waals surface area (Å²) >= 11 is 0. The van der Waals surface area contributed by atoms with Gasteiger partial charge in [0.1, 0.15) is 12.4 Å². The summed E-state index contributed by atoms with van der Waals surface area (Å²) in [6.07, 6.45) is 2.27. The zero-order chi connectivity index (χ0) is 19.5. The van der Waals surface area contributed by atoms with Crippen molar-refractivity contribution >= 4 is 22.6 Å². The number of fused-ring (bicyclic) bond motifs is 1. The van der Waals surface area contributed by atoms with E-state index >= 15 is 0 Å². The predicted molar refractivity (Wildman–Crippen MR) is 108 cm³/mol. The van der Waals surface area contributed by atoms with Crippen LogP contribution in [-0.2, 0) is 4.74 Å². The average Bonchev–Trinajstić information content (AvgIpc) is 3.21. The van der Waals surface area contributed by atoms with Crippen LogP contribution >= 0.6 is 0 Å². The van der Waals surface area contributed by atoms with E-state index in [1.165, 1.54) is 0 Å². The number of rotatable bonds is 5. The molecule has 1 aromatic heterocycles. The van der Waals surface area contributed by atoms with Crippen LogP contribution in [0.15, 0.2) is 42.5 Å². The Labute approximate surface area is 163 Å². The second-order valence-corrected chi connectivity index (χ2v) is 7.03. The van der Waals surface area contributed by atoms with Crippen molar-refractivity contribution in [3.8, 4) is 5.75 Å². The van der Waals surface area contributed by atoms with Gasteiger partial charge in [0.05, 0.1) is 28.5 Å². The summed E-state index contributed by atoms with van der Waals surface area (Å²) in [4.78, 5) is 21.7. The molecule has 2 heterocycles. The van der Waals surface area contributed by atoms with E-state index in [2.05, 4.69) is 15.3 Å². The SMILES string of the molecule is Cc1nc2ccc(C(=O)Nc3cccc(OCC4CCCO4)c3)cc2nc1C. The topological polar surface area (TPSA) is 73.3 Å². The Morgan fingerprint density at radius 1 is 1.14 bits per heavy atom. The molecule has 0 saturated carbocycles. The molecule has 0 bridgehead atoms. The summed E-state index contributed by atoms with van der Waals surface area (Å²) in [7, 11) is 0. The molecular weight excluding hydrogens is 354 g/mol. The lowest BCUT2D eigenvalue weighted by molar-refractivity contribution is 0.0680. The first-order chi connectivity index (χ1) is 13.6. The summed E-state index contributed by atoms with van der Waals surface area (Å²) in [6.45, 7) is 5.17. The number of carbonyl (C=O) groups is 1. The molecule has 144 valence electrons. The second kappa shape index (κ2) is 7.94. The summed E-state index contributed by atoms with van der Waals surface area (Å²) < 4.78 is 11.4. The summed E-state index contributed by atoms with van der Waals surface area (Å²) in [5, 5.41) is 2.92. The Bertz CT molecular complexity index is 1010. The Balaban J connectivity index is 1.46. The van der Waals surface area contributed by atoms with Crippen molar-refractivity contribution in [2.75, 3.05) is 18.5 Å². The number of nitrogens with one attached hydrogen (secondary N) is 1. The molecule has 1 N–H and O–H groups in total. The number of nitrogens with zero attached hydrogens (tertiary/aromatic N) is 2. The fourth-order valence-corrected chi connectivity index (χ4v) is 3.20. The molecule has 2 aromatic carbocycles. The van der Waals surface area contributed by atoms with Crippen LogP contribution in [0.1, 0.15) is 34.6 Å². The zero-order valence-electron chi connectivity index (χ0n) is 16.1. The fraction of sp³-hybridized carbons (Fsp3) is 0.318. The van der Waals surface area contributed by atoms with Crippen LogP contribution in [0.5, 0.6) is 5.75 Å². The first kappa shape index (κ1) is 18.4. The van der Waals surface area contributed by atoms with Gasteiger partial charge in [0.15, 0.2) is 0 Å². The van der Waals surface area contributed by atoms with E-state index in [1.54, 1.807) is 12.1 Å². The average molecular weight is 377 g/mol. The Hall–Kier alpha value is -2.99. The van der Waals surface area contributed by atoms with E-state index in [9.17, 15) is 4.79 Å². The van der Waals surface area contributed by atoms with Gasteiger partial charge >= 0.3 is 0 Å². The van der Waals surface area contributed by atoms with Crippen molar-refractivity contribution in [2.45, 2.75) is 32.8 Å². The monoisotopic (exact) mass is 377 g/mol. The number of benzene rings is 2. The normalized spacial score (nSPS) is 16.3. The van der Waals surface area contributed by atoms with Crippen LogP contribution in [0.3, 0.4) is 0 Å².